The molecule has 3 heteroatoms. The smallest absolute Gasteiger partial charge is 0.136 e. The maximum absolute atomic E-state index is 4.90. The van der Waals surface area contributed by atoms with Crippen molar-refractivity contribution in [1.82, 2.24) is 10.3 Å². The first kappa shape index (κ1) is 14.3. The number of anilines is 1. The van der Waals surface area contributed by atoms with Crippen LogP contribution in [0.3, 0.4) is 0 Å². The zero-order chi connectivity index (χ0) is 14.7. The van der Waals surface area contributed by atoms with E-state index in [0.29, 0.717) is 0 Å². The number of hydrogen-bond acceptors (Lipinski definition) is 3. The predicted molar refractivity (Wildman–Crippen MR) is 89.7 cm³/mol. The Hall–Kier alpha value is -1.61. The molecule has 0 saturated heterocycles. The fourth-order valence-corrected chi connectivity index (χ4v) is 3.46. The van der Waals surface area contributed by atoms with Crippen LogP contribution in [0.25, 0.3) is 10.8 Å². The maximum Gasteiger partial charge on any atom is 0.136 e. The highest BCUT2D eigenvalue weighted by molar-refractivity contribution is 5.92. The van der Waals surface area contributed by atoms with E-state index in [1.165, 1.54) is 36.5 Å². The molecule has 2 aromatic rings. The molecule has 0 unspecified atom stereocenters. The molecule has 1 N–H and O–H groups in total. The lowest BCUT2D eigenvalue weighted by molar-refractivity contribution is 0.545. The van der Waals surface area contributed by atoms with Gasteiger partial charge in [0.25, 0.3) is 0 Å². The van der Waals surface area contributed by atoms with Gasteiger partial charge < -0.3 is 10.2 Å². The topological polar surface area (TPSA) is 28.2 Å². The van der Waals surface area contributed by atoms with Crippen molar-refractivity contribution >= 4 is 16.6 Å². The largest absolute Gasteiger partial charge is 0.359 e. The zero-order valence-corrected chi connectivity index (χ0v) is 13.1. The van der Waals surface area contributed by atoms with Crippen LogP contribution in [-0.2, 0) is 6.54 Å². The fraction of sp³-hybridized carbons (Fsp3) is 0.500. The van der Waals surface area contributed by atoms with Crippen molar-refractivity contribution in [3.63, 3.8) is 0 Å². The normalized spacial score (nSPS) is 15.7. The van der Waals surface area contributed by atoms with E-state index in [4.69, 9.17) is 4.98 Å². The van der Waals surface area contributed by atoms with Crippen molar-refractivity contribution in [3.05, 3.63) is 36.0 Å². The third-order valence-corrected chi connectivity index (χ3v) is 4.50. The van der Waals surface area contributed by atoms with Gasteiger partial charge in [0, 0.05) is 25.5 Å². The summed E-state index contributed by atoms with van der Waals surface area (Å²) in [6.45, 7) is 1.94. The van der Waals surface area contributed by atoms with E-state index in [9.17, 15) is 0 Å². The van der Waals surface area contributed by atoms with Gasteiger partial charge in [0.2, 0.25) is 0 Å². The molecule has 1 aromatic carbocycles. The monoisotopic (exact) mass is 283 g/mol. The molecule has 1 aromatic heterocycles. The number of fused-ring (bicyclic) bond motifs is 1. The highest BCUT2D eigenvalue weighted by Gasteiger charge is 2.19. The van der Waals surface area contributed by atoms with E-state index >= 15 is 0 Å². The molecule has 0 aliphatic heterocycles. The Bertz CT molecular complexity index is 602. The number of pyridine rings is 1. The minimum atomic E-state index is 0.815. The Balaban J connectivity index is 1.94. The molecule has 1 saturated carbocycles. The van der Waals surface area contributed by atoms with Gasteiger partial charge in [0.1, 0.15) is 5.82 Å². The molecular weight excluding hydrogens is 258 g/mol. The predicted octanol–water partition coefficient (Wildman–Crippen LogP) is 3.58. The first-order valence-electron chi connectivity index (χ1n) is 8.02. The molecule has 0 radical (unpaired) electrons. The minimum Gasteiger partial charge on any atom is -0.359 e. The number of rotatable bonds is 5. The zero-order valence-electron chi connectivity index (χ0n) is 13.1. The van der Waals surface area contributed by atoms with Gasteiger partial charge in [-0.3, -0.25) is 0 Å². The Labute approximate surface area is 127 Å². The molecule has 0 bridgehead atoms. The van der Waals surface area contributed by atoms with Crippen LogP contribution in [0.2, 0.25) is 0 Å². The molecule has 3 nitrogen and oxygen atoms in total. The molecule has 0 amide bonds. The lowest BCUT2D eigenvalue weighted by Crippen LogP contribution is -2.25. The maximum atomic E-state index is 4.90. The van der Waals surface area contributed by atoms with E-state index in [1.807, 2.05) is 7.05 Å². The molecule has 0 spiro atoms. The SMILES string of the molecule is CNCc1cc2ccccc2c(N(C)CC2CCCC2)n1. The van der Waals surface area contributed by atoms with Crippen LogP contribution < -0.4 is 10.2 Å². The third kappa shape index (κ3) is 3.18. The van der Waals surface area contributed by atoms with Gasteiger partial charge in [0.05, 0.1) is 5.69 Å². The number of hydrogen-bond donors (Lipinski definition) is 1. The van der Waals surface area contributed by atoms with Crippen molar-refractivity contribution in [2.45, 2.75) is 32.2 Å². The van der Waals surface area contributed by atoms with E-state index in [0.717, 1.165) is 30.5 Å². The van der Waals surface area contributed by atoms with Gasteiger partial charge in [-0.2, -0.15) is 0 Å². The van der Waals surface area contributed by atoms with Crippen LogP contribution in [-0.4, -0.2) is 25.6 Å². The Kier molecular flexibility index (Phi) is 4.39. The second-order valence-corrected chi connectivity index (χ2v) is 6.22. The van der Waals surface area contributed by atoms with Gasteiger partial charge in [-0.15, -0.1) is 0 Å². The Morgan fingerprint density at radius 1 is 1.24 bits per heavy atom. The van der Waals surface area contributed by atoms with Crippen LogP contribution in [0.4, 0.5) is 5.82 Å². The van der Waals surface area contributed by atoms with Gasteiger partial charge in [-0.25, -0.2) is 4.98 Å². The molecule has 21 heavy (non-hydrogen) atoms. The molecule has 3 rings (SSSR count). The second-order valence-electron chi connectivity index (χ2n) is 6.22. The number of nitrogens with zero attached hydrogens (tertiary/aromatic N) is 2. The fourth-order valence-electron chi connectivity index (χ4n) is 3.46. The summed E-state index contributed by atoms with van der Waals surface area (Å²) in [5, 5.41) is 5.75. The molecule has 1 aliphatic rings. The first-order chi connectivity index (χ1) is 10.3. The van der Waals surface area contributed by atoms with E-state index in [-0.39, 0.29) is 0 Å². The minimum absolute atomic E-state index is 0.815. The second kappa shape index (κ2) is 6.44. The van der Waals surface area contributed by atoms with E-state index in [1.54, 1.807) is 0 Å². The number of aromatic nitrogens is 1. The standard InChI is InChI=1S/C18H25N3/c1-19-12-16-11-15-9-5-6-10-17(15)18(20-16)21(2)13-14-7-3-4-8-14/h5-6,9-11,14,19H,3-4,7-8,12-13H2,1-2H3. The highest BCUT2D eigenvalue weighted by atomic mass is 15.2. The van der Waals surface area contributed by atoms with Crippen LogP contribution in [0.15, 0.2) is 30.3 Å². The summed E-state index contributed by atoms with van der Waals surface area (Å²) in [5.74, 6) is 1.97. The summed E-state index contributed by atoms with van der Waals surface area (Å²) in [6, 6.07) is 10.8. The first-order valence-corrected chi connectivity index (χ1v) is 8.02. The van der Waals surface area contributed by atoms with E-state index < -0.39 is 0 Å². The molecule has 1 heterocycles. The number of benzene rings is 1. The third-order valence-electron chi connectivity index (χ3n) is 4.50. The summed E-state index contributed by atoms with van der Waals surface area (Å²) < 4.78 is 0. The number of nitrogens with one attached hydrogen (secondary N) is 1. The van der Waals surface area contributed by atoms with Crippen LogP contribution in [0, 0.1) is 5.92 Å². The highest BCUT2D eigenvalue weighted by Crippen LogP contribution is 2.29. The summed E-state index contributed by atoms with van der Waals surface area (Å²) in [4.78, 5) is 7.25. The van der Waals surface area contributed by atoms with Crippen LogP contribution in [0.5, 0.6) is 0 Å². The Morgan fingerprint density at radius 3 is 2.76 bits per heavy atom. The van der Waals surface area contributed by atoms with Gasteiger partial charge in [-0.1, -0.05) is 37.1 Å². The van der Waals surface area contributed by atoms with Gasteiger partial charge in [-0.05, 0) is 37.3 Å². The van der Waals surface area contributed by atoms with Crippen molar-refractivity contribution in [1.29, 1.82) is 0 Å². The molecule has 1 aliphatic carbocycles. The van der Waals surface area contributed by atoms with Crippen LogP contribution >= 0.6 is 0 Å². The van der Waals surface area contributed by atoms with Crippen molar-refractivity contribution in [2.75, 3.05) is 25.5 Å². The quantitative estimate of drug-likeness (QED) is 0.909. The molecule has 112 valence electrons. The molecule has 0 atom stereocenters. The summed E-state index contributed by atoms with van der Waals surface area (Å²) in [5.41, 5.74) is 1.12. The van der Waals surface area contributed by atoms with Gasteiger partial charge >= 0.3 is 0 Å². The average molecular weight is 283 g/mol. The molecule has 1 fully saturated rings. The lowest BCUT2D eigenvalue weighted by atomic mass is 10.1. The van der Waals surface area contributed by atoms with Crippen LogP contribution in [0.1, 0.15) is 31.4 Å². The molecular formula is C18H25N3. The Morgan fingerprint density at radius 2 is 2.00 bits per heavy atom. The summed E-state index contributed by atoms with van der Waals surface area (Å²) in [7, 11) is 4.16. The average Bonchev–Trinajstić information content (AvgIpc) is 2.99. The summed E-state index contributed by atoms with van der Waals surface area (Å²) >= 11 is 0. The summed E-state index contributed by atoms with van der Waals surface area (Å²) in [6.07, 6.45) is 5.54. The van der Waals surface area contributed by atoms with Crippen molar-refractivity contribution < 1.29 is 0 Å². The van der Waals surface area contributed by atoms with E-state index in [2.05, 4.69) is 47.6 Å². The lowest BCUT2D eigenvalue weighted by Gasteiger charge is -2.24. The van der Waals surface area contributed by atoms with Gasteiger partial charge in [0.15, 0.2) is 0 Å². The van der Waals surface area contributed by atoms with Crippen molar-refractivity contribution in [2.24, 2.45) is 5.92 Å². The van der Waals surface area contributed by atoms with Crippen molar-refractivity contribution in [3.8, 4) is 0 Å².